The van der Waals surface area contributed by atoms with Crippen molar-refractivity contribution in [3.8, 4) is 0 Å². The molecule has 0 aliphatic heterocycles. The normalized spacial score (nSPS) is 12.2. The van der Waals surface area contributed by atoms with Gasteiger partial charge in [0, 0.05) is 5.56 Å². The maximum Gasteiger partial charge on any atom is 0.416 e. The van der Waals surface area contributed by atoms with E-state index in [2.05, 4.69) is 4.98 Å². The highest BCUT2D eigenvalue weighted by molar-refractivity contribution is 7.22. The van der Waals surface area contributed by atoms with Crippen molar-refractivity contribution in [3.05, 3.63) is 94.0 Å². The van der Waals surface area contributed by atoms with Gasteiger partial charge in [0.2, 0.25) is 0 Å². The minimum atomic E-state index is -5.06. The second-order valence-corrected chi connectivity index (χ2v) is 9.02. The Bertz CT molecular complexity index is 1320. The number of carbonyl (C=O) groups excluding carboxylic acids is 1. The molecule has 182 valence electrons. The van der Waals surface area contributed by atoms with E-state index in [1.165, 1.54) is 0 Å². The standard InChI is InChI=1S/C25H18F6N2OS/c1-14-8-9-15(2)21-20(14)32-23(35-21)33(13-16-6-4-3-5-7-16)22(34)17-10-18(24(26,27)28)12-19(11-17)25(29,30)31/h3-12H,13H2,1-2H3. The summed E-state index contributed by atoms with van der Waals surface area (Å²) in [5.74, 6) is -1.01. The average molecular weight is 508 g/mol. The van der Waals surface area contributed by atoms with Gasteiger partial charge in [0.15, 0.2) is 5.13 Å². The highest BCUT2D eigenvalue weighted by atomic mass is 32.1. The number of rotatable bonds is 4. The monoisotopic (exact) mass is 508 g/mol. The van der Waals surface area contributed by atoms with Gasteiger partial charge in [0.25, 0.3) is 5.91 Å². The lowest BCUT2D eigenvalue weighted by atomic mass is 10.0. The van der Waals surface area contributed by atoms with Crippen LogP contribution in [0.4, 0.5) is 31.5 Å². The van der Waals surface area contributed by atoms with Crippen molar-refractivity contribution in [2.45, 2.75) is 32.7 Å². The van der Waals surface area contributed by atoms with E-state index < -0.39 is 35.0 Å². The van der Waals surface area contributed by atoms with Crippen molar-refractivity contribution in [1.29, 1.82) is 0 Å². The fourth-order valence-electron chi connectivity index (χ4n) is 3.59. The molecule has 0 atom stereocenters. The lowest BCUT2D eigenvalue weighted by Gasteiger charge is -2.21. The van der Waals surface area contributed by atoms with Crippen molar-refractivity contribution >= 4 is 32.6 Å². The van der Waals surface area contributed by atoms with E-state index in [0.29, 0.717) is 23.2 Å². The summed E-state index contributed by atoms with van der Waals surface area (Å²) >= 11 is 1.16. The number of thiazole rings is 1. The summed E-state index contributed by atoms with van der Waals surface area (Å²) in [6.07, 6.45) is -10.1. The number of nitrogens with zero attached hydrogens (tertiary/aromatic N) is 2. The van der Waals surface area contributed by atoms with Crippen LogP contribution < -0.4 is 4.90 Å². The quantitative estimate of drug-likeness (QED) is 0.264. The summed E-state index contributed by atoms with van der Waals surface area (Å²) in [7, 11) is 0. The van der Waals surface area contributed by atoms with Gasteiger partial charge in [0.1, 0.15) is 0 Å². The van der Waals surface area contributed by atoms with Gasteiger partial charge < -0.3 is 0 Å². The topological polar surface area (TPSA) is 33.2 Å². The van der Waals surface area contributed by atoms with Gasteiger partial charge in [-0.1, -0.05) is 53.8 Å². The fraction of sp³-hybridized carbons (Fsp3) is 0.200. The molecule has 1 aromatic heterocycles. The maximum absolute atomic E-state index is 13.5. The molecular formula is C25H18F6N2OS. The summed E-state index contributed by atoms with van der Waals surface area (Å²) in [6, 6.07) is 13.2. The molecule has 4 aromatic rings. The smallest absolute Gasteiger partial charge is 0.279 e. The number of aryl methyl sites for hydroxylation is 2. The summed E-state index contributed by atoms with van der Waals surface area (Å²) in [6.45, 7) is 3.60. The minimum Gasteiger partial charge on any atom is -0.279 e. The van der Waals surface area contributed by atoms with Crippen LogP contribution >= 0.6 is 11.3 Å². The first-order chi connectivity index (χ1) is 16.3. The van der Waals surface area contributed by atoms with Gasteiger partial charge in [-0.3, -0.25) is 9.69 Å². The van der Waals surface area contributed by atoms with E-state index in [0.717, 1.165) is 32.1 Å². The molecule has 0 radical (unpaired) electrons. The molecule has 0 saturated heterocycles. The lowest BCUT2D eigenvalue weighted by Crippen LogP contribution is -2.31. The first-order valence-corrected chi connectivity index (χ1v) is 11.2. The Morgan fingerprint density at radius 3 is 1.97 bits per heavy atom. The Morgan fingerprint density at radius 1 is 0.857 bits per heavy atom. The van der Waals surface area contributed by atoms with Crippen molar-refractivity contribution in [1.82, 2.24) is 4.98 Å². The lowest BCUT2D eigenvalue weighted by molar-refractivity contribution is -0.143. The van der Waals surface area contributed by atoms with E-state index in [1.807, 2.05) is 26.0 Å². The molecule has 35 heavy (non-hydrogen) atoms. The van der Waals surface area contributed by atoms with Crippen LogP contribution in [0.3, 0.4) is 0 Å². The van der Waals surface area contributed by atoms with Gasteiger partial charge in [-0.2, -0.15) is 26.3 Å². The van der Waals surface area contributed by atoms with E-state index in [9.17, 15) is 31.1 Å². The van der Waals surface area contributed by atoms with Crippen LogP contribution in [-0.4, -0.2) is 10.9 Å². The van der Waals surface area contributed by atoms with Crippen LogP contribution in [0.2, 0.25) is 0 Å². The highest BCUT2D eigenvalue weighted by Crippen LogP contribution is 2.38. The zero-order valence-electron chi connectivity index (χ0n) is 18.5. The third kappa shape index (κ3) is 5.17. The average Bonchev–Trinajstić information content (AvgIpc) is 3.25. The first kappa shape index (κ1) is 24.7. The predicted molar refractivity (Wildman–Crippen MR) is 122 cm³/mol. The fourth-order valence-corrected chi connectivity index (χ4v) is 4.70. The van der Waals surface area contributed by atoms with Crippen LogP contribution in [0.1, 0.15) is 38.2 Å². The van der Waals surface area contributed by atoms with Crippen molar-refractivity contribution in [2.24, 2.45) is 0 Å². The van der Waals surface area contributed by atoms with Crippen LogP contribution in [0.15, 0.2) is 60.7 Å². The number of aromatic nitrogens is 1. The molecule has 10 heteroatoms. The van der Waals surface area contributed by atoms with Crippen LogP contribution in [0.5, 0.6) is 0 Å². The molecule has 1 amide bonds. The number of fused-ring (bicyclic) bond motifs is 1. The largest absolute Gasteiger partial charge is 0.416 e. The number of hydrogen-bond donors (Lipinski definition) is 0. The first-order valence-electron chi connectivity index (χ1n) is 10.4. The molecule has 1 heterocycles. The Hall–Kier alpha value is -3.40. The number of benzene rings is 3. The van der Waals surface area contributed by atoms with Gasteiger partial charge in [-0.05, 0) is 48.7 Å². The molecule has 0 bridgehead atoms. The van der Waals surface area contributed by atoms with E-state index in [-0.39, 0.29) is 17.7 Å². The molecule has 0 spiro atoms. The molecule has 3 nitrogen and oxygen atoms in total. The Kier molecular flexibility index (Phi) is 6.35. The Labute approximate surface area is 200 Å². The molecule has 0 unspecified atom stereocenters. The number of anilines is 1. The van der Waals surface area contributed by atoms with Crippen molar-refractivity contribution in [3.63, 3.8) is 0 Å². The molecule has 0 aliphatic rings. The Morgan fingerprint density at radius 2 is 1.43 bits per heavy atom. The SMILES string of the molecule is Cc1ccc(C)c2sc(N(Cc3ccccc3)C(=O)c3cc(C(F)(F)F)cc(C(F)(F)F)c3)nc12. The van der Waals surface area contributed by atoms with Crippen LogP contribution in [0.25, 0.3) is 10.2 Å². The van der Waals surface area contributed by atoms with Gasteiger partial charge in [-0.15, -0.1) is 0 Å². The molecule has 4 rings (SSSR count). The van der Waals surface area contributed by atoms with Gasteiger partial charge in [0.05, 0.1) is 27.9 Å². The van der Waals surface area contributed by atoms with E-state index in [1.54, 1.807) is 30.3 Å². The zero-order valence-corrected chi connectivity index (χ0v) is 19.3. The third-order valence-corrected chi connectivity index (χ3v) is 6.64. The summed E-state index contributed by atoms with van der Waals surface area (Å²) in [4.78, 5) is 19.2. The highest BCUT2D eigenvalue weighted by Gasteiger charge is 2.38. The van der Waals surface area contributed by atoms with Gasteiger partial charge >= 0.3 is 12.4 Å². The molecular weight excluding hydrogens is 490 g/mol. The summed E-state index contributed by atoms with van der Waals surface area (Å²) < 4.78 is 81.2. The molecule has 3 aromatic carbocycles. The zero-order chi connectivity index (χ0) is 25.5. The third-order valence-electron chi connectivity index (χ3n) is 5.43. The minimum absolute atomic E-state index is 0.00270. The van der Waals surface area contributed by atoms with Gasteiger partial charge in [-0.25, -0.2) is 4.98 Å². The summed E-state index contributed by atoms with van der Waals surface area (Å²) in [5.41, 5.74) is -0.848. The number of carbonyl (C=O) groups is 1. The Balaban J connectivity index is 1.88. The molecule has 0 N–H and O–H groups in total. The molecule has 0 saturated carbocycles. The number of alkyl halides is 6. The van der Waals surface area contributed by atoms with Crippen molar-refractivity contribution in [2.75, 3.05) is 4.90 Å². The van der Waals surface area contributed by atoms with E-state index >= 15 is 0 Å². The molecule has 0 aliphatic carbocycles. The maximum atomic E-state index is 13.5. The number of halogens is 6. The second-order valence-electron chi connectivity index (χ2n) is 8.04. The van der Waals surface area contributed by atoms with Crippen LogP contribution in [-0.2, 0) is 18.9 Å². The van der Waals surface area contributed by atoms with Crippen molar-refractivity contribution < 1.29 is 31.1 Å². The second kappa shape index (κ2) is 8.99. The number of hydrogen-bond acceptors (Lipinski definition) is 3. The number of amides is 1. The van der Waals surface area contributed by atoms with E-state index in [4.69, 9.17) is 0 Å². The predicted octanol–water partition coefficient (Wildman–Crippen LogP) is 7.80. The van der Waals surface area contributed by atoms with Crippen LogP contribution in [0, 0.1) is 13.8 Å². The summed E-state index contributed by atoms with van der Waals surface area (Å²) in [5, 5.41) is 0.178. The molecule has 0 fully saturated rings.